The second kappa shape index (κ2) is 5.01. The van der Waals surface area contributed by atoms with Crippen LogP contribution in [0.1, 0.15) is 6.42 Å². The van der Waals surface area contributed by atoms with Gasteiger partial charge in [-0.25, -0.2) is 0 Å². The number of nitro benzene ring substituents is 1. The van der Waals surface area contributed by atoms with E-state index in [0.29, 0.717) is 11.7 Å². The van der Waals surface area contributed by atoms with E-state index in [0.717, 1.165) is 24.0 Å². The van der Waals surface area contributed by atoms with Crippen molar-refractivity contribution in [2.24, 2.45) is 0 Å². The third-order valence-corrected chi connectivity index (χ3v) is 3.56. The van der Waals surface area contributed by atoms with E-state index in [2.05, 4.69) is 26.1 Å². The molecule has 0 saturated carbocycles. The topological polar surface area (TPSA) is 58.4 Å². The minimum atomic E-state index is -0.325. The summed E-state index contributed by atoms with van der Waals surface area (Å²) in [6.45, 7) is 1.66. The van der Waals surface area contributed by atoms with Gasteiger partial charge in [0.25, 0.3) is 5.69 Å². The molecular formula is C11H14BrN3O2. The van der Waals surface area contributed by atoms with Crippen LogP contribution in [0, 0.1) is 10.1 Å². The predicted octanol–water partition coefficient (Wildman–Crippen LogP) is 2.16. The highest BCUT2D eigenvalue weighted by molar-refractivity contribution is 9.10. The van der Waals surface area contributed by atoms with E-state index < -0.39 is 0 Å². The number of nitro groups is 1. The fourth-order valence-corrected chi connectivity index (χ4v) is 2.47. The van der Waals surface area contributed by atoms with Crippen LogP contribution in [0.2, 0.25) is 0 Å². The van der Waals surface area contributed by atoms with Crippen LogP contribution in [0.4, 0.5) is 11.4 Å². The number of benzene rings is 1. The zero-order chi connectivity index (χ0) is 12.4. The van der Waals surface area contributed by atoms with Crippen LogP contribution >= 0.6 is 15.9 Å². The fourth-order valence-electron chi connectivity index (χ4n) is 2.12. The molecule has 0 aliphatic carbocycles. The molecule has 0 aromatic heterocycles. The molecule has 1 unspecified atom stereocenters. The van der Waals surface area contributed by atoms with Crippen molar-refractivity contribution in [3.05, 3.63) is 32.8 Å². The molecule has 1 atom stereocenters. The smallest absolute Gasteiger partial charge is 0.292 e. The normalized spacial score (nSPS) is 19.6. The van der Waals surface area contributed by atoms with Crippen LogP contribution in [0.3, 0.4) is 0 Å². The molecule has 5 nitrogen and oxygen atoms in total. The van der Waals surface area contributed by atoms with Crippen molar-refractivity contribution in [2.45, 2.75) is 12.5 Å². The number of anilines is 1. The third-order valence-electron chi connectivity index (χ3n) is 3.07. The van der Waals surface area contributed by atoms with Gasteiger partial charge in [0.2, 0.25) is 0 Å². The standard InChI is InChI=1S/C11H14BrN3O2/c1-13-9-4-5-14(7-9)11-6-8(12)2-3-10(11)15(16)17/h2-3,6,9,13H,4-5,7H2,1H3. The SMILES string of the molecule is CNC1CCN(c2cc(Br)ccc2[N+](=O)[O-])C1. The molecule has 1 aromatic carbocycles. The lowest BCUT2D eigenvalue weighted by Gasteiger charge is -2.18. The molecule has 1 fully saturated rings. The second-order valence-corrected chi connectivity index (χ2v) is 5.03. The third kappa shape index (κ3) is 2.58. The Labute approximate surface area is 108 Å². The molecule has 2 rings (SSSR count). The number of nitrogens with zero attached hydrogens (tertiary/aromatic N) is 2. The molecule has 6 heteroatoms. The minimum Gasteiger partial charge on any atom is -0.364 e. The van der Waals surface area contributed by atoms with Gasteiger partial charge < -0.3 is 10.2 Å². The zero-order valence-corrected chi connectivity index (χ0v) is 11.1. The van der Waals surface area contributed by atoms with Gasteiger partial charge in [-0.05, 0) is 25.6 Å². The van der Waals surface area contributed by atoms with Gasteiger partial charge in [-0.3, -0.25) is 10.1 Å². The summed E-state index contributed by atoms with van der Waals surface area (Å²) in [5.74, 6) is 0. The molecule has 0 radical (unpaired) electrons. The minimum absolute atomic E-state index is 0.171. The molecule has 1 N–H and O–H groups in total. The van der Waals surface area contributed by atoms with E-state index in [4.69, 9.17) is 0 Å². The zero-order valence-electron chi connectivity index (χ0n) is 9.52. The molecule has 92 valence electrons. The van der Waals surface area contributed by atoms with Crippen molar-refractivity contribution in [1.29, 1.82) is 0 Å². The maximum atomic E-state index is 11.0. The first kappa shape index (κ1) is 12.3. The van der Waals surface area contributed by atoms with Crippen LogP contribution in [0.25, 0.3) is 0 Å². The molecular weight excluding hydrogens is 286 g/mol. The maximum Gasteiger partial charge on any atom is 0.292 e. The Kier molecular flexibility index (Phi) is 3.63. The Balaban J connectivity index is 2.31. The summed E-state index contributed by atoms with van der Waals surface area (Å²) in [5.41, 5.74) is 0.868. The number of likely N-dealkylation sites (N-methyl/N-ethyl adjacent to an activating group) is 1. The van der Waals surface area contributed by atoms with Crippen LogP contribution in [-0.2, 0) is 0 Å². The lowest BCUT2D eigenvalue weighted by Crippen LogP contribution is -2.29. The average molecular weight is 300 g/mol. The number of hydrogen-bond acceptors (Lipinski definition) is 4. The predicted molar refractivity (Wildman–Crippen MR) is 70.5 cm³/mol. The van der Waals surface area contributed by atoms with Crippen molar-refractivity contribution >= 4 is 27.3 Å². The molecule has 17 heavy (non-hydrogen) atoms. The van der Waals surface area contributed by atoms with Crippen LogP contribution in [0.5, 0.6) is 0 Å². The Morgan fingerprint density at radius 3 is 2.94 bits per heavy atom. The molecule has 0 spiro atoms. The molecule has 1 heterocycles. The van der Waals surface area contributed by atoms with Gasteiger partial charge in [0.05, 0.1) is 4.92 Å². The number of halogens is 1. The highest BCUT2D eigenvalue weighted by atomic mass is 79.9. The summed E-state index contributed by atoms with van der Waals surface area (Å²) in [5, 5.41) is 14.2. The molecule has 1 aliphatic heterocycles. The van der Waals surface area contributed by atoms with Crippen molar-refractivity contribution in [3.63, 3.8) is 0 Å². The largest absolute Gasteiger partial charge is 0.364 e. The first-order valence-corrected chi connectivity index (χ1v) is 6.27. The van der Waals surface area contributed by atoms with E-state index >= 15 is 0 Å². The summed E-state index contributed by atoms with van der Waals surface area (Å²) < 4.78 is 0.867. The van der Waals surface area contributed by atoms with E-state index in [1.54, 1.807) is 12.1 Å². The molecule has 1 saturated heterocycles. The summed E-state index contributed by atoms with van der Waals surface area (Å²) >= 11 is 3.36. The van der Waals surface area contributed by atoms with Crippen molar-refractivity contribution in [1.82, 2.24) is 5.32 Å². The van der Waals surface area contributed by atoms with Crippen molar-refractivity contribution in [3.8, 4) is 0 Å². The average Bonchev–Trinajstić information content (AvgIpc) is 2.76. The van der Waals surface area contributed by atoms with Gasteiger partial charge in [-0.2, -0.15) is 0 Å². The van der Waals surface area contributed by atoms with Crippen molar-refractivity contribution in [2.75, 3.05) is 25.0 Å². The first-order chi connectivity index (χ1) is 8.11. The first-order valence-electron chi connectivity index (χ1n) is 5.48. The fraction of sp³-hybridized carbons (Fsp3) is 0.455. The van der Waals surface area contributed by atoms with E-state index in [9.17, 15) is 10.1 Å². The van der Waals surface area contributed by atoms with Gasteiger partial charge in [-0.15, -0.1) is 0 Å². The van der Waals surface area contributed by atoms with Crippen LogP contribution < -0.4 is 10.2 Å². The Bertz CT molecular complexity index is 439. The quantitative estimate of drug-likeness (QED) is 0.686. The Morgan fingerprint density at radius 1 is 1.59 bits per heavy atom. The monoisotopic (exact) mass is 299 g/mol. The summed E-state index contributed by atoms with van der Waals surface area (Å²) in [4.78, 5) is 12.7. The summed E-state index contributed by atoms with van der Waals surface area (Å²) in [6.07, 6.45) is 1.01. The Hall–Kier alpha value is -1.14. The number of rotatable bonds is 3. The highest BCUT2D eigenvalue weighted by Gasteiger charge is 2.26. The van der Waals surface area contributed by atoms with Gasteiger partial charge in [0.1, 0.15) is 5.69 Å². The van der Waals surface area contributed by atoms with E-state index in [1.165, 1.54) is 0 Å². The lowest BCUT2D eigenvalue weighted by molar-refractivity contribution is -0.384. The van der Waals surface area contributed by atoms with Gasteiger partial charge >= 0.3 is 0 Å². The van der Waals surface area contributed by atoms with Gasteiger partial charge in [0, 0.05) is 29.7 Å². The number of nitrogens with one attached hydrogen (secondary N) is 1. The van der Waals surface area contributed by atoms with Gasteiger partial charge in [-0.1, -0.05) is 15.9 Å². The van der Waals surface area contributed by atoms with E-state index in [1.807, 2.05) is 13.1 Å². The molecule has 0 amide bonds. The summed E-state index contributed by atoms with van der Waals surface area (Å²) in [6, 6.07) is 5.48. The van der Waals surface area contributed by atoms with Gasteiger partial charge in [0.15, 0.2) is 0 Å². The van der Waals surface area contributed by atoms with E-state index in [-0.39, 0.29) is 10.6 Å². The van der Waals surface area contributed by atoms with Crippen LogP contribution in [0.15, 0.2) is 22.7 Å². The summed E-state index contributed by atoms with van der Waals surface area (Å²) in [7, 11) is 1.92. The maximum absolute atomic E-state index is 11.0. The second-order valence-electron chi connectivity index (χ2n) is 4.11. The lowest BCUT2D eigenvalue weighted by atomic mass is 10.2. The Morgan fingerprint density at radius 2 is 2.35 bits per heavy atom. The molecule has 0 bridgehead atoms. The van der Waals surface area contributed by atoms with Crippen molar-refractivity contribution < 1.29 is 4.92 Å². The van der Waals surface area contributed by atoms with Crippen LogP contribution in [-0.4, -0.2) is 31.1 Å². The molecule has 1 aromatic rings. The number of hydrogen-bond donors (Lipinski definition) is 1. The molecule has 1 aliphatic rings. The highest BCUT2D eigenvalue weighted by Crippen LogP contribution is 2.33.